The third kappa shape index (κ3) is 3.55. The van der Waals surface area contributed by atoms with Gasteiger partial charge in [-0.05, 0) is 62.2 Å². The van der Waals surface area contributed by atoms with Gasteiger partial charge in [0.1, 0.15) is 0 Å². The van der Waals surface area contributed by atoms with E-state index in [-0.39, 0.29) is 0 Å². The van der Waals surface area contributed by atoms with Crippen LogP contribution in [0.2, 0.25) is 0 Å². The number of ether oxygens (including phenoxy) is 2. The fraction of sp³-hybridized carbons (Fsp3) is 1.00. The van der Waals surface area contributed by atoms with Crippen molar-refractivity contribution in [3.63, 3.8) is 0 Å². The summed E-state index contributed by atoms with van der Waals surface area (Å²) in [6.45, 7) is 3.87. The Morgan fingerprint density at radius 3 is 2.65 bits per heavy atom. The molecule has 2 bridgehead atoms. The Hall–Kier alpha value is -0.120. The van der Waals surface area contributed by atoms with Crippen LogP contribution in [0.15, 0.2) is 0 Å². The number of nitrogens with one attached hydrogen (secondary N) is 1. The van der Waals surface area contributed by atoms with E-state index in [4.69, 9.17) is 9.47 Å². The molecule has 0 aliphatic heterocycles. The van der Waals surface area contributed by atoms with E-state index in [1.807, 2.05) is 0 Å². The van der Waals surface area contributed by atoms with Gasteiger partial charge in [-0.2, -0.15) is 0 Å². The molecule has 20 heavy (non-hydrogen) atoms. The molecule has 0 aromatic heterocycles. The Morgan fingerprint density at radius 1 is 1.10 bits per heavy atom. The predicted molar refractivity (Wildman–Crippen MR) is 80.8 cm³/mol. The van der Waals surface area contributed by atoms with Crippen LogP contribution < -0.4 is 5.32 Å². The molecule has 3 fully saturated rings. The van der Waals surface area contributed by atoms with E-state index in [0.717, 1.165) is 44.1 Å². The minimum Gasteiger partial charge on any atom is -0.385 e. The molecule has 0 spiro atoms. The van der Waals surface area contributed by atoms with Crippen LogP contribution in [0.25, 0.3) is 0 Å². The molecule has 3 heteroatoms. The van der Waals surface area contributed by atoms with Crippen LogP contribution in [0.1, 0.15) is 51.4 Å². The van der Waals surface area contributed by atoms with Crippen molar-refractivity contribution in [2.24, 2.45) is 17.3 Å². The van der Waals surface area contributed by atoms with Crippen LogP contribution in [-0.2, 0) is 9.47 Å². The van der Waals surface area contributed by atoms with Gasteiger partial charge in [-0.15, -0.1) is 0 Å². The van der Waals surface area contributed by atoms with Crippen LogP contribution in [0.3, 0.4) is 0 Å². The summed E-state index contributed by atoms with van der Waals surface area (Å²) >= 11 is 0. The van der Waals surface area contributed by atoms with Crippen LogP contribution in [0.5, 0.6) is 0 Å². The summed E-state index contributed by atoms with van der Waals surface area (Å²) < 4.78 is 10.9. The summed E-state index contributed by atoms with van der Waals surface area (Å²) in [5.74, 6) is 2.00. The predicted octanol–water partition coefficient (Wildman–Crippen LogP) is 2.99. The number of fused-ring (bicyclic) bond motifs is 2. The standard InChI is InChI=1S/C17H31NO2/c1-19-8-2-9-20-10-7-17(13-18-16-5-6-16)12-14-3-4-15(17)11-14/h14-16,18H,2-13H2,1H3. The smallest absolute Gasteiger partial charge is 0.0487 e. The molecule has 0 saturated heterocycles. The minimum atomic E-state index is 0.562. The lowest BCUT2D eigenvalue weighted by Crippen LogP contribution is -2.40. The second-order valence-electron chi connectivity index (χ2n) is 7.31. The fourth-order valence-electron chi connectivity index (χ4n) is 4.49. The van der Waals surface area contributed by atoms with E-state index in [2.05, 4.69) is 5.32 Å². The van der Waals surface area contributed by atoms with Gasteiger partial charge in [0.2, 0.25) is 0 Å². The number of rotatable bonds is 10. The summed E-state index contributed by atoms with van der Waals surface area (Å²) in [6.07, 6.45) is 11.0. The Labute approximate surface area is 123 Å². The average molecular weight is 281 g/mol. The average Bonchev–Trinajstić information content (AvgIpc) is 3.09. The van der Waals surface area contributed by atoms with Gasteiger partial charge in [0.05, 0.1) is 0 Å². The number of hydrogen-bond donors (Lipinski definition) is 1. The van der Waals surface area contributed by atoms with Gasteiger partial charge < -0.3 is 14.8 Å². The van der Waals surface area contributed by atoms with Gasteiger partial charge in [-0.3, -0.25) is 0 Å². The molecule has 3 atom stereocenters. The first-order valence-electron chi connectivity index (χ1n) is 8.62. The zero-order chi connectivity index (χ0) is 13.8. The van der Waals surface area contributed by atoms with Crippen molar-refractivity contribution in [2.45, 2.75) is 57.4 Å². The van der Waals surface area contributed by atoms with E-state index in [0.29, 0.717) is 5.41 Å². The third-order valence-electron chi connectivity index (χ3n) is 5.80. The zero-order valence-corrected chi connectivity index (χ0v) is 13.0. The quantitative estimate of drug-likeness (QED) is 0.624. The summed E-state index contributed by atoms with van der Waals surface area (Å²) in [4.78, 5) is 0. The van der Waals surface area contributed by atoms with Crippen molar-refractivity contribution in [2.75, 3.05) is 33.5 Å². The Bertz CT molecular complexity index is 305. The van der Waals surface area contributed by atoms with Gasteiger partial charge >= 0.3 is 0 Å². The lowest BCUT2D eigenvalue weighted by molar-refractivity contribution is 0.0531. The molecule has 116 valence electrons. The molecular formula is C17H31NO2. The highest BCUT2D eigenvalue weighted by Crippen LogP contribution is 2.57. The summed E-state index contributed by atoms with van der Waals surface area (Å²) in [7, 11) is 1.76. The third-order valence-corrected chi connectivity index (χ3v) is 5.80. The topological polar surface area (TPSA) is 30.5 Å². The lowest BCUT2D eigenvalue weighted by atomic mass is 9.71. The van der Waals surface area contributed by atoms with E-state index in [1.54, 1.807) is 7.11 Å². The molecule has 3 aliphatic carbocycles. The largest absolute Gasteiger partial charge is 0.385 e. The summed E-state index contributed by atoms with van der Waals surface area (Å²) in [5, 5.41) is 3.81. The maximum Gasteiger partial charge on any atom is 0.0487 e. The van der Waals surface area contributed by atoms with Gasteiger partial charge in [0.15, 0.2) is 0 Å². The van der Waals surface area contributed by atoms with E-state index in [1.165, 1.54) is 51.5 Å². The van der Waals surface area contributed by atoms with E-state index in [9.17, 15) is 0 Å². The van der Waals surface area contributed by atoms with Crippen molar-refractivity contribution >= 4 is 0 Å². The molecule has 0 radical (unpaired) electrons. The Balaban J connectivity index is 1.43. The summed E-state index contributed by atoms with van der Waals surface area (Å²) in [5.41, 5.74) is 0.562. The molecule has 3 nitrogen and oxygen atoms in total. The van der Waals surface area contributed by atoms with Crippen molar-refractivity contribution < 1.29 is 9.47 Å². The second-order valence-corrected chi connectivity index (χ2v) is 7.31. The van der Waals surface area contributed by atoms with Crippen molar-refractivity contribution in [3.8, 4) is 0 Å². The molecule has 3 unspecified atom stereocenters. The lowest BCUT2D eigenvalue weighted by Gasteiger charge is -2.38. The molecule has 0 heterocycles. The highest BCUT2D eigenvalue weighted by atomic mass is 16.5. The highest BCUT2D eigenvalue weighted by molar-refractivity contribution is 5.02. The van der Waals surface area contributed by atoms with Gasteiger partial charge in [-0.25, -0.2) is 0 Å². The van der Waals surface area contributed by atoms with E-state index < -0.39 is 0 Å². The number of methoxy groups -OCH3 is 1. The number of hydrogen-bond acceptors (Lipinski definition) is 3. The van der Waals surface area contributed by atoms with Crippen molar-refractivity contribution in [3.05, 3.63) is 0 Å². The molecule has 0 aromatic rings. The molecule has 1 N–H and O–H groups in total. The summed E-state index contributed by atoms with van der Waals surface area (Å²) in [6, 6.07) is 0.841. The minimum absolute atomic E-state index is 0.562. The zero-order valence-electron chi connectivity index (χ0n) is 13.0. The normalized spacial score (nSPS) is 35.9. The first kappa shape index (κ1) is 14.8. The van der Waals surface area contributed by atoms with Crippen LogP contribution in [0, 0.1) is 17.3 Å². The van der Waals surface area contributed by atoms with Gasteiger partial charge in [0.25, 0.3) is 0 Å². The Kier molecular flexibility index (Phi) is 5.00. The van der Waals surface area contributed by atoms with Crippen molar-refractivity contribution in [1.29, 1.82) is 0 Å². The SMILES string of the molecule is COCCCOCCC1(CNC2CC2)CC2CCC1C2. The van der Waals surface area contributed by atoms with Crippen LogP contribution in [-0.4, -0.2) is 39.5 Å². The van der Waals surface area contributed by atoms with Crippen LogP contribution in [0.4, 0.5) is 0 Å². The van der Waals surface area contributed by atoms with Crippen LogP contribution >= 0.6 is 0 Å². The maximum atomic E-state index is 5.85. The van der Waals surface area contributed by atoms with Crippen molar-refractivity contribution in [1.82, 2.24) is 5.32 Å². The fourth-order valence-corrected chi connectivity index (χ4v) is 4.49. The van der Waals surface area contributed by atoms with E-state index >= 15 is 0 Å². The van der Waals surface area contributed by atoms with Gasteiger partial charge in [0, 0.05) is 39.5 Å². The first-order chi connectivity index (χ1) is 9.82. The molecule has 3 saturated carbocycles. The monoisotopic (exact) mass is 281 g/mol. The van der Waals surface area contributed by atoms with Gasteiger partial charge in [-0.1, -0.05) is 6.42 Å². The maximum absolute atomic E-state index is 5.85. The molecule has 0 amide bonds. The molecule has 3 aliphatic rings. The Morgan fingerprint density at radius 2 is 2.00 bits per heavy atom. The second kappa shape index (κ2) is 6.76. The first-order valence-corrected chi connectivity index (χ1v) is 8.62. The molecule has 3 rings (SSSR count). The highest BCUT2D eigenvalue weighted by Gasteiger charge is 2.50. The molecule has 0 aromatic carbocycles. The molecular weight excluding hydrogens is 250 g/mol.